The van der Waals surface area contributed by atoms with Crippen LogP contribution in [0.4, 0.5) is 30.2 Å². The maximum absolute atomic E-state index is 13.8. The van der Waals surface area contributed by atoms with Crippen molar-refractivity contribution in [3.05, 3.63) is 94.5 Å². The standard InChI is InChI=1S/C28H24F3N5OS2/c1-3-33-21-13-12-18(15-32)14-22(21)34-27-36(16-19-8-4-5-9-20(19)28(29,30)31)26(37)25(39-27)17-35(2)23-10-6-7-11-24(23)38/h4-14,17,33,38H,3,16H2,1-2H3/b25-17+,34-27?. The predicted octanol–water partition coefficient (Wildman–Crippen LogP) is 7.04. The van der Waals surface area contributed by atoms with Crippen molar-refractivity contribution in [3.8, 4) is 6.07 Å². The molecule has 1 N–H and O–H groups in total. The van der Waals surface area contributed by atoms with E-state index in [1.807, 2.05) is 31.2 Å². The van der Waals surface area contributed by atoms with Gasteiger partial charge < -0.3 is 10.2 Å². The average molecular weight is 568 g/mol. The van der Waals surface area contributed by atoms with E-state index in [2.05, 4.69) is 29.0 Å². The largest absolute Gasteiger partial charge is 0.416 e. The number of carbonyl (C=O) groups excluding carboxylic acids is 1. The number of carbonyl (C=O) groups is 1. The van der Waals surface area contributed by atoms with E-state index in [0.29, 0.717) is 28.4 Å². The number of amides is 1. The summed E-state index contributed by atoms with van der Waals surface area (Å²) in [5, 5.41) is 12.8. The van der Waals surface area contributed by atoms with E-state index in [1.54, 1.807) is 36.3 Å². The third-order valence-corrected chi connectivity index (χ3v) is 7.19. The second-order valence-electron chi connectivity index (χ2n) is 8.51. The molecule has 0 aromatic heterocycles. The number of nitrogens with one attached hydrogen (secondary N) is 1. The first-order chi connectivity index (χ1) is 18.6. The molecule has 0 aliphatic carbocycles. The Morgan fingerprint density at radius 3 is 2.56 bits per heavy atom. The Balaban J connectivity index is 1.80. The van der Waals surface area contributed by atoms with E-state index in [1.165, 1.54) is 23.1 Å². The number of hydrogen-bond acceptors (Lipinski definition) is 7. The summed E-state index contributed by atoms with van der Waals surface area (Å²) in [4.78, 5) is 22.2. The predicted molar refractivity (Wildman–Crippen MR) is 152 cm³/mol. The summed E-state index contributed by atoms with van der Waals surface area (Å²) in [7, 11) is 1.76. The third-order valence-electron chi connectivity index (χ3n) is 5.82. The number of benzene rings is 3. The van der Waals surface area contributed by atoms with Crippen LogP contribution in [-0.4, -0.2) is 29.6 Å². The van der Waals surface area contributed by atoms with E-state index in [9.17, 15) is 23.2 Å². The van der Waals surface area contributed by atoms with Gasteiger partial charge in [0.05, 0.1) is 45.7 Å². The van der Waals surface area contributed by atoms with Crippen LogP contribution >= 0.6 is 24.4 Å². The van der Waals surface area contributed by atoms with Gasteiger partial charge >= 0.3 is 6.18 Å². The Hall–Kier alpha value is -3.88. The van der Waals surface area contributed by atoms with Gasteiger partial charge in [-0.25, -0.2) is 4.99 Å². The molecule has 0 atom stereocenters. The van der Waals surface area contributed by atoms with Crippen molar-refractivity contribution in [1.82, 2.24) is 4.90 Å². The molecule has 3 aromatic carbocycles. The highest BCUT2D eigenvalue weighted by atomic mass is 32.2. The maximum Gasteiger partial charge on any atom is 0.416 e. The number of aliphatic imine (C=N–C) groups is 1. The minimum atomic E-state index is -4.58. The fourth-order valence-corrected chi connectivity index (χ4v) is 5.30. The van der Waals surface area contributed by atoms with E-state index < -0.39 is 17.6 Å². The maximum atomic E-state index is 13.8. The van der Waals surface area contributed by atoms with Crippen molar-refractivity contribution >= 4 is 52.5 Å². The summed E-state index contributed by atoms with van der Waals surface area (Å²) < 4.78 is 41.3. The molecule has 0 spiro atoms. The molecule has 0 radical (unpaired) electrons. The Labute approximate surface area is 234 Å². The molecule has 1 aliphatic heterocycles. The average Bonchev–Trinajstić information content (AvgIpc) is 3.18. The number of anilines is 2. The highest BCUT2D eigenvalue weighted by molar-refractivity contribution is 8.18. The minimum absolute atomic E-state index is 0.0559. The van der Waals surface area contributed by atoms with Gasteiger partial charge in [-0.15, -0.1) is 12.6 Å². The number of rotatable bonds is 7. The Morgan fingerprint density at radius 2 is 1.87 bits per heavy atom. The molecule has 1 aliphatic rings. The number of hydrogen-bond donors (Lipinski definition) is 2. The van der Waals surface area contributed by atoms with Crippen LogP contribution in [0.15, 0.2) is 87.7 Å². The van der Waals surface area contributed by atoms with Gasteiger partial charge in [0.1, 0.15) is 0 Å². The van der Waals surface area contributed by atoms with E-state index in [-0.39, 0.29) is 22.2 Å². The van der Waals surface area contributed by atoms with Crippen molar-refractivity contribution < 1.29 is 18.0 Å². The summed E-state index contributed by atoms with van der Waals surface area (Å²) in [6.07, 6.45) is -2.97. The van der Waals surface area contributed by atoms with Crippen molar-refractivity contribution in [2.75, 3.05) is 23.8 Å². The van der Waals surface area contributed by atoms with Crippen LogP contribution in [0.1, 0.15) is 23.6 Å². The first-order valence-electron chi connectivity index (χ1n) is 11.9. The second kappa shape index (κ2) is 11.9. The zero-order valence-electron chi connectivity index (χ0n) is 21.0. The fourth-order valence-electron chi connectivity index (χ4n) is 3.97. The number of thioether (sulfide) groups is 1. The van der Waals surface area contributed by atoms with Crippen LogP contribution < -0.4 is 10.2 Å². The molecular formula is C28H24F3N5OS2. The molecule has 0 bridgehead atoms. The molecule has 6 nitrogen and oxygen atoms in total. The molecule has 1 heterocycles. The molecule has 11 heteroatoms. The van der Waals surface area contributed by atoms with E-state index in [4.69, 9.17) is 0 Å². The van der Waals surface area contributed by atoms with Crippen molar-refractivity contribution in [1.29, 1.82) is 5.26 Å². The molecule has 200 valence electrons. The number of halogens is 3. The van der Waals surface area contributed by atoms with Crippen LogP contribution in [0.25, 0.3) is 0 Å². The van der Waals surface area contributed by atoms with Crippen molar-refractivity contribution in [2.45, 2.75) is 24.5 Å². The van der Waals surface area contributed by atoms with Crippen LogP contribution in [0, 0.1) is 11.3 Å². The Bertz CT molecular complexity index is 1500. The van der Waals surface area contributed by atoms with Crippen molar-refractivity contribution in [2.24, 2.45) is 4.99 Å². The molecule has 0 unspecified atom stereocenters. The summed E-state index contributed by atoms with van der Waals surface area (Å²) in [6.45, 7) is 2.15. The Morgan fingerprint density at radius 1 is 1.15 bits per heavy atom. The number of para-hydroxylation sites is 1. The Kier molecular flexibility index (Phi) is 8.57. The smallest absolute Gasteiger partial charge is 0.384 e. The van der Waals surface area contributed by atoms with Crippen molar-refractivity contribution in [3.63, 3.8) is 0 Å². The lowest BCUT2D eigenvalue weighted by Crippen LogP contribution is -2.30. The number of thiol groups is 1. The van der Waals surface area contributed by atoms with Gasteiger partial charge in [-0.05, 0) is 60.6 Å². The molecule has 3 aromatic rings. The SMILES string of the molecule is CCNc1ccc(C#N)cc1N=C1S/C(=C/N(C)c2ccccc2S)C(=O)N1Cc1ccccc1C(F)(F)F. The summed E-state index contributed by atoms with van der Waals surface area (Å²) >= 11 is 5.53. The fraction of sp³-hybridized carbons (Fsp3) is 0.179. The zero-order chi connectivity index (χ0) is 28.2. The van der Waals surface area contributed by atoms with Crippen LogP contribution in [0.2, 0.25) is 0 Å². The van der Waals surface area contributed by atoms with Gasteiger partial charge in [-0.3, -0.25) is 9.69 Å². The molecule has 0 saturated carbocycles. The van der Waals surface area contributed by atoms with E-state index in [0.717, 1.165) is 23.5 Å². The zero-order valence-corrected chi connectivity index (χ0v) is 22.7. The second-order valence-corrected chi connectivity index (χ2v) is 10.0. The van der Waals surface area contributed by atoms with Gasteiger partial charge in [0.2, 0.25) is 0 Å². The number of nitrogens with zero attached hydrogens (tertiary/aromatic N) is 4. The molecule has 1 amide bonds. The highest BCUT2D eigenvalue weighted by Crippen LogP contribution is 2.39. The molecular weight excluding hydrogens is 543 g/mol. The summed E-state index contributed by atoms with van der Waals surface area (Å²) in [6, 6.07) is 19.5. The van der Waals surface area contributed by atoms with Gasteiger partial charge in [0.25, 0.3) is 5.91 Å². The monoisotopic (exact) mass is 567 g/mol. The van der Waals surface area contributed by atoms with Crippen LogP contribution in [0.3, 0.4) is 0 Å². The number of amidine groups is 1. The van der Waals surface area contributed by atoms with Gasteiger partial charge in [-0.2, -0.15) is 18.4 Å². The minimum Gasteiger partial charge on any atom is -0.384 e. The number of alkyl halides is 3. The van der Waals surface area contributed by atoms with E-state index >= 15 is 0 Å². The summed E-state index contributed by atoms with van der Waals surface area (Å²) in [5.74, 6) is -0.485. The lowest BCUT2D eigenvalue weighted by atomic mass is 10.1. The third kappa shape index (κ3) is 6.41. The lowest BCUT2D eigenvalue weighted by molar-refractivity contribution is -0.138. The normalized spacial score (nSPS) is 15.6. The first-order valence-corrected chi connectivity index (χ1v) is 13.1. The van der Waals surface area contributed by atoms with Crippen LogP contribution in [0.5, 0.6) is 0 Å². The lowest BCUT2D eigenvalue weighted by Gasteiger charge is -2.20. The van der Waals surface area contributed by atoms with Gasteiger partial charge in [0.15, 0.2) is 5.17 Å². The molecule has 1 fully saturated rings. The first kappa shape index (κ1) is 28.1. The van der Waals surface area contributed by atoms with Gasteiger partial charge in [0, 0.05) is 24.7 Å². The van der Waals surface area contributed by atoms with Crippen LogP contribution in [-0.2, 0) is 17.5 Å². The molecule has 4 rings (SSSR count). The quantitative estimate of drug-likeness (QED) is 0.237. The highest BCUT2D eigenvalue weighted by Gasteiger charge is 2.38. The topological polar surface area (TPSA) is 71.7 Å². The van der Waals surface area contributed by atoms with Gasteiger partial charge in [-0.1, -0.05) is 30.3 Å². The molecule has 39 heavy (non-hydrogen) atoms. The summed E-state index contributed by atoms with van der Waals surface area (Å²) in [5.41, 5.74) is 1.26. The number of nitriles is 1. The molecule has 1 saturated heterocycles.